The predicted molar refractivity (Wildman–Crippen MR) is 87.6 cm³/mol. The van der Waals surface area contributed by atoms with Crippen LogP contribution in [0.4, 0.5) is 5.69 Å². The van der Waals surface area contributed by atoms with E-state index in [1.165, 1.54) is 5.69 Å². The number of hydrogen-bond acceptors (Lipinski definition) is 1. The molecule has 0 saturated carbocycles. The summed E-state index contributed by atoms with van der Waals surface area (Å²) in [7, 11) is 2.10. The van der Waals surface area contributed by atoms with Crippen LogP contribution in [0.3, 0.4) is 0 Å². The molecule has 0 unspecified atom stereocenters. The van der Waals surface area contributed by atoms with Crippen LogP contribution >= 0.6 is 0 Å². The first-order valence-corrected chi connectivity index (χ1v) is 6.79. The maximum Gasteiger partial charge on any atom is 0.0363 e. The molecule has 0 fully saturated rings. The predicted octanol–water partition coefficient (Wildman–Crippen LogP) is 4.23. The van der Waals surface area contributed by atoms with Gasteiger partial charge in [0.2, 0.25) is 0 Å². The molecule has 2 aromatic carbocycles. The Kier molecular flexibility index (Phi) is 5.03. The summed E-state index contributed by atoms with van der Waals surface area (Å²) < 4.78 is 0. The van der Waals surface area contributed by atoms with Crippen molar-refractivity contribution in [2.45, 2.75) is 6.42 Å². The summed E-state index contributed by atoms with van der Waals surface area (Å²) in [5.74, 6) is 2.77. The molecule has 20 heavy (non-hydrogen) atoms. The van der Waals surface area contributed by atoms with Crippen molar-refractivity contribution in [3.8, 4) is 12.3 Å². The van der Waals surface area contributed by atoms with Crippen LogP contribution < -0.4 is 4.90 Å². The van der Waals surface area contributed by atoms with Crippen LogP contribution in [0.2, 0.25) is 0 Å². The van der Waals surface area contributed by atoms with E-state index in [1.807, 2.05) is 36.4 Å². The van der Waals surface area contributed by atoms with Crippen molar-refractivity contribution in [3.05, 3.63) is 72.3 Å². The Labute approximate surface area is 121 Å². The monoisotopic (exact) mass is 261 g/mol. The van der Waals surface area contributed by atoms with E-state index in [1.54, 1.807) is 0 Å². The molecule has 0 heterocycles. The van der Waals surface area contributed by atoms with Gasteiger partial charge in [-0.25, -0.2) is 0 Å². The van der Waals surface area contributed by atoms with Gasteiger partial charge in [0.05, 0.1) is 0 Å². The van der Waals surface area contributed by atoms with E-state index in [-0.39, 0.29) is 0 Å². The zero-order valence-corrected chi connectivity index (χ0v) is 11.8. The molecule has 2 aromatic rings. The lowest BCUT2D eigenvalue weighted by molar-refractivity contribution is 0.900. The Hall–Kier alpha value is -2.46. The van der Waals surface area contributed by atoms with Crippen LogP contribution in [-0.2, 0) is 0 Å². The third kappa shape index (κ3) is 3.76. The Bertz CT molecular complexity index is 591. The highest BCUT2D eigenvalue weighted by Crippen LogP contribution is 2.15. The van der Waals surface area contributed by atoms with Crippen molar-refractivity contribution in [1.29, 1.82) is 0 Å². The molecule has 1 heteroatoms. The van der Waals surface area contributed by atoms with Gasteiger partial charge in [0.1, 0.15) is 0 Å². The molecule has 0 aliphatic heterocycles. The number of benzene rings is 2. The van der Waals surface area contributed by atoms with Crippen molar-refractivity contribution in [1.82, 2.24) is 0 Å². The summed E-state index contributed by atoms with van der Waals surface area (Å²) in [6, 6.07) is 20.5. The van der Waals surface area contributed by atoms with Crippen molar-refractivity contribution < 1.29 is 0 Å². The number of allylic oxidation sites excluding steroid dienone is 1. The molecule has 0 spiro atoms. The van der Waals surface area contributed by atoms with E-state index in [0.29, 0.717) is 0 Å². The first-order chi connectivity index (χ1) is 9.81. The average molecular weight is 261 g/mol. The fourth-order valence-corrected chi connectivity index (χ4v) is 2.09. The first kappa shape index (κ1) is 14.0. The van der Waals surface area contributed by atoms with Gasteiger partial charge >= 0.3 is 0 Å². The quantitative estimate of drug-likeness (QED) is 0.728. The number of terminal acetylenes is 1. The largest absolute Gasteiger partial charge is 0.374 e. The highest BCUT2D eigenvalue weighted by Gasteiger charge is 2.00. The lowest BCUT2D eigenvalue weighted by atomic mass is 10.1. The third-order valence-corrected chi connectivity index (χ3v) is 3.25. The summed E-state index contributed by atoms with van der Waals surface area (Å²) in [4.78, 5) is 2.23. The van der Waals surface area contributed by atoms with Gasteiger partial charge < -0.3 is 4.90 Å². The second kappa shape index (κ2) is 7.21. The van der Waals surface area contributed by atoms with Crippen LogP contribution in [0.25, 0.3) is 5.57 Å². The normalized spacial score (nSPS) is 10.9. The molecule has 2 rings (SSSR count). The first-order valence-electron chi connectivity index (χ1n) is 6.79. The van der Waals surface area contributed by atoms with E-state index in [9.17, 15) is 0 Å². The van der Waals surface area contributed by atoms with Gasteiger partial charge in [0.15, 0.2) is 0 Å². The SMILES string of the molecule is C#C/C(=C\CCN(C)c1ccccc1)c1ccccc1. The molecular weight excluding hydrogens is 242 g/mol. The minimum Gasteiger partial charge on any atom is -0.374 e. The molecule has 0 radical (unpaired) electrons. The summed E-state index contributed by atoms with van der Waals surface area (Å²) in [6.07, 6.45) is 8.66. The Balaban J connectivity index is 1.97. The Morgan fingerprint density at radius 3 is 2.25 bits per heavy atom. The van der Waals surface area contributed by atoms with E-state index < -0.39 is 0 Å². The molecule has 0 aliphatic rings. The molecule has 0 aromatic heterocycles. The maximum absolute atomic E-state index is 5.60. The molecule has 0 saturated heterocycles. The lowest BCUT2D eigenvalue weighted by Gasteiger charge is -2.18. The van der Waals surface area contributed by atoms with Crippen LogP contribution in [0, 0.1) is 12.3 Å². The Morgan fingerprint density at radius 2 is 1.65 bits per heavy atom. The second-order valence-corrected chi connectivity index (χ2v) is 4.67. The van der Waals surface area contributed by atoms with Crippen molar-refractivity contribution >= 4 is 11.3 Å². The number of rotatable bonds is 5. The topological polar surface area (TPSA) is 3.24 Å². The molecule has 0 amide bonds. The van der Waals surface area contributed by atoms with Gasteiger partial charge in [0, 0.05) is 24.9 Å². The summed E-state index contributed by atoms with van der Waals surface area (Å²) >= 11 is 0. The highest BCUT2D eigenvalue weighted by atomic mass is 15.1. The maximum atomic E-state index is 5.60. The fraction of sp³-hybridized carbons (Fsp3) is 0.158. The van der Waals surface area contributed by atoms with Gasteiger partial charge in [-0.15, -0.1) is 6.42 Å². The second-order valence-electron chi connectivity index (χ2n) is 4.67. The van der Waals surface area contributed by atoms with E-state index in [4.69, 9.17) is 6.42 Å². The number of nitrogens with zero attached hydrogens (tertiary/aromatic N) is 1. The number of hydrogen-bond donors (Lipinski definition) is 0. The molecule has 1 nitrogen and oxygen atoms in total. The summed E-state index contributed by atoms with van der Waals surface area (Å²) in [6.45, 7) is 0.946. The summed E-state index contributed by atoms with van der Waals surface area (Å²) in [5, 5.41) is 0. The van der Waals surface area contributed by atoms with Crippen LogP contribution in [0.1, 0.15) is 12.0 Å². The molecule has 0 N–H and O–H groups in total. The third-order valence-electron chi connectivity index (χ3n) is 3.25. The number of para-hydroxylation sites is 1. The minimum absolute atomic E-state index is 0.930. The van der Waals surface area contributed by atoms with Crippen molar-refractivity contribution in [3.63, 3.8) is 0 Å². The van der Waals surface area contributed by atoms with E-state index in [2.05, 4.69) is 48.2 Å². The fourth-order valence-electron chi connectivity index (χ4n) is 2.09. The van der Waals surface area contributed by atoms with Gasteiger partial charge in [-0.05, 0) is 24.1 Å². The standard InChI is InChI=1S/C19H19N/c1-3-17(18-11-6-4-7-12-18)13-10-16-20(2)19-14-8-5-9-15-19/h1,4-9,11-15H,10,16H2,2H3/b17-13+. The minimum atomic E-state index is 0.930. The van der Waals surface area contributed by atoms with Crippen LogP contribution in [0.5, 0.6) is 0 Å². The van der Waals surface area contributed by atoms with Crippen molar-refractivity contribution in [2.75, 3.05) is 18.5 Å². The van der Waals surface area contributed by atoms with Crippen LogP contribution in [-0.4, -0.2) is 13.6 Å². The molecule has 0 aliphatic carbocycles. The van der Waals surface area contributed by atoms with E-state index >= 15 is 0 Å². The number of anilines is 1. The Morgan fingerprint density at radius 1 is 1.05 bits per heavy atom. The van der Waals surface area contributed by atoms with Gasteiger partial charge in [-0.3, -0.25) is 0 Å². The lowest BCUT2D eigenvalue weighted by Crippen LogP contribution is -2.17. The molecule has 0 bridgehead atoms. The van der Waals surface area contributed by atoms with Gasteiger partial charge in [-0.1, -0.05) is 60.5 Å². The van der Waals surface area contributed by atoms with Crippen molar-refractivity contribution in [2.24, 2.45) is 0 Å². The van der Waals surface area contributed by atoms with Gasteiger partial charge in [0.25, 0.3) is 0 Å². The zero-order valence-electron chi connectivity index (χ0n) is 11.8. The summed E-state index contributed by atoms with van der Waals surface area (Å²) in [5.41, 5.74) is 3.30. The van der Waals surface area contributed by atoms with E-state index in [0.717, 1.165) is 24.1 Å². The molecule has 100 valence electrons. The van der Waals surface area contributed by atoms with Crippen LogP contribution in [0.15, 0.2) is 66.7 Å². The molecule has 0 atom stereocenters. The molecular formula is C19H19N. The van der Waals surface area contributed by atoms with Gasteiger partial charge in [-0.2, -0.15) is 0 Å². The highest BCUT2D eigenvalue weighted by molar-refractivity contribution is 5.78. The average Bonchev–Trinajstić information content (AvgIpc) is 2.53. The smallest absolute Gasteiger partial charge is 0.0363 e. The zero-order chi connectivity index (χ0) is 14.2.